The number of ether oxygens (including phenoxy) is 1. The van der Waals surface area contributed by atoms with Crippen LogP contribution in [-0.4, -0.2) is 34.4 Å². The van der Waals surface area contributed by atoms with Gasteiger partial charge in [-0.1, -0.05) is 12.1 Å². The van der Waals surface area contributed by atoms with E-state index >= 15 is 0 Å². The Morgan fingerprint density at radius 2 is 1.63 bits per heavy atom. The molecule has 4 rings (SSSR count). The summed E-state index contributed by atoms with van der Waals surface area (Å²) in [6.07, 6.45) is 3.56. The monoisotopic (exact) mass is 473 g/mol. The highest BCUT2D eigenvalue weighted by atomic mass is 16.5. The second kappa shape index (κ2) is 10.5. The summed E-state index contributed by atoms with van der Waals surface area (Å²) < 4.78 is 11.5. The molecule has 8 nitrogen and oxygen atoms in total. The molecule has 3 aromatic carbocycles. The molecule has 0 spiro atoms. The lowest BCUT2D eigenvalue weighted by atomic mass is 10.1. The van der Waals surface area contributed by atoms with Crippen LogP contribution < -0.4 is 15.5 Å². The molecule has 0 saturated carbocycles. The fourth-order valence-electron chi connectivity index (χ4n) is 3.38. The van der Waals surface area contributed by atoms with Gasteiger partial charge in [-0.2, -0.15) is 0 Å². The lowest BCUT2D eigenvalue weighted by molar-refractivity contribution is -0.116. The van der Waals surface area contributed by atoms with E-state index in [1.165, 1.54) is 36.4 Å². The number of carbonyl (C=O) groups is 1. The van der Waals surface area contributed by atoms with E-state index in [0.717, 1.165) is 5.56 Å². The molecule has 0 aliphatic heterocycles. The Morgan fingerprint density at radius 3 is 2.34 bits per heavy atom. The van der Waals surface area contributed by atoms with Gasteiger partial charge in [-0.3, -0.25) is 9.59 Å². The summed E-state index contributed by atoms with van der Waals surface area (Å²) in [6.45, 7) is 0.632. The van der Waals surface area contributed by atoms with Gasteiger partial charge < -0.3 is 29.8 Å². The highest BCUT2D eigenvalue weighted by Gasteiger charge is 2.13. The molecule has 4 N–H and O–H groups in total. The zero-order valence-electron chi connectivity index (χ0n) is 18.6. The Kier molecular flexibility index (Phi) is 7.02. The molecule has 4 aromatic rings. The molecule has 1 aromatic heterocycles. The molecule has 0 unspecified atom stereocenters. The Hall–Kier alpha value is -4.72. The summed E-state index contributed by atoms with van der Waals surface area (Å²) >= 11 is 0. The zero-order chi connectivity index (χ0) is 24.8. The molecular weight excluding hydrogens is 450 g/mol. The average molecular weight is 473 g/mol. The normalized spacial score (nSPS) is 11.1. The topological polar surface area (TPSA) is 129 Å². The molecule has 1 amide bonds. The number of aromatic hydroxyl groups is 3. The Balaban J connectivity index is 1.35. The largest absolute Gasteiger partial charge is 0.508 e. The number of phenolic OH excluding ortho intramolecular Hbond substituents is 3. The van der Waals surface area contributed by atoms with Gasteiger partial charge in [0.05, 0.1) is 6.61 Å². The lowest BCUT2D eigenvalue weighted by Gasteiger charge is -2.09. The van der Waals surface area contributed by atoms with E-state index in [1.807, 2.05) is 0 Å². The number of hydrogen-bond donors (Lipinski definition) is 4. The van der Waals surface area contributed by atoms with Crippen LogP contribution in [0, 0.1) is 0 Å². The van der Waals surface area contributed by atoms with Gasteiger partial charge in [-0.15, -0.1) is 0 Å². The van der Waals surface area contributed by atoms with Crippen molar-refractivity contribution in [1.82, 2.24) is 5.32 Å². The summed E-state index contributed by atoms with van der Waals surface area (Å²) in [5, 5.41) is 31.9. The minimum absolute atomic E-state index is 0.0487. The number of carbonyl (C=O) groups excluding carboxylic acids is 1. The molecule has 0 radical (unpaired) electrons. The third kappa shape index (κ3) is 6.00. The fraction of sp³-hybridized carbons (Fsp3) is 0.111. The summed E-state index contributed by atoms with van der Waals surface area (Å²) in [7, 11) is 0. The number of nitrogens with one attached hydrogen (secondary N) is 1. The van der Waals surface area contributed by atoms with Crippen molar-refractivity contribution in [2.75, 3.05) is 13.2 Å². The molecule has 0 bridgehead atoms. The van der Waals surface area contributed by atoms with Crippen molar-refractivity contribution in [3.63, 3.8) is 0 Å². The van der Waals surface area contributed by atoms with E-state index in [1.54, 1.807) is 42.5 Å². The fourth-order valence-corrected chi connectivity index (χ4v) is 3.38. The molecule has 0 saturated heterocycles. The zero-order valence-corrected chi connectivity index (χ0v) is 18.6. The maximum absolute atomic E-state index is 12.5. The van der Waals surface area contributed by atoms with Gasteiger partial charge in [0.15, 0.2) is 5.43 Å². The molecule has 0 aliphatic carbocycles. The maximum atomic E-state index is 12.5. The van der Waals surface area contributed by atoms with Crippen LogP contribution >= 0.6 is 0 Å². The molecule has 0 fully saturated rings. The second-order valence-corrected chi connectivity index (χ2v) is 7.76. The average Bonchev–Trinajstić information content (AvgIpc) is 2.83. The predicted molar refractivity (Wildman–Crippen MR) is 132 cm³/mol. The number of fused-ring (bicyclic) bond motifs is 1. The van der Waals surface area contributed by atoms with E-state index in [9.17, 15) is 24.9 Å². The van der Waals surface area contributed by atoms with Crippen molar-refractivity contribution in [2.24, 2.45) is 0 Å². The summed E-state index contributed by atoms with van der Waals surface area (Å²) in [4.78, 5) is 24.5. The van der Waals surface area contributed by atoms with Crippen molar-refractivity contribution < 1.29 is 29.3 Å². The van der Waals surface area contributed by atoms with Crippen LogP contribution in [0.4, 0.5) is 0 Å². The third-order valence-electron chi connectivity index (χ3n) is 5.14. The highest BCUT2D eigenvalue weighted by molar-refractivity contribution is 5.91. The van der Waals surface area contributed by atoms with Crippen molar-refractivity contribution in [3.05, 3.63) is 88.6 Å². The molecule has 1 heterocycles. The Labute approximate surface area is 200 Å². The van der Waals surface area contributed by atoms with Crippen LogP contribution in [0.15, 0.2) is 82.0 Å². The molecule has 0 atom stereocenters. The van der Waals surface area contributed by atoms with Crippen molar-refractivity contribution in [2.45, 2.75) is 6.42 Å². The van der Waals surface area contributed by atoms with E-state index in [2.05, 4.69) is 5.32 Å². The lowest BCUT2D eigenvalue weighted by Crippen LogP contribution is -2.23. The first-order chi connectivity index (χ1) is 16.9. The number of phenols is 3. The Bertz CT molecular complexity index is 1420. The smallest absolute Gasteiger partial charge is 0.244 e. The standard InChI is InChI=1S/C27H23NO7/c29-19-7-2-17(3-8-19)4-11-26(33)28-12-1-13-34-21-14-22(31)27-23(32)16-24(35-25(27)15-21)18-5-9-20(30)10-6-18/h2-11,14-16,29-31H,1,12-13H2,(H,28,33)/b11-4+. The number of benzene rings is 3. The summed E-state index contributed by atoms with van der Waals surface area (Å²) in [5.74, 6) is 0.351. The van der Waals surface area contributed by atoms with E-state index in [4.69, 9.17) is 9.15 Å². The van der Waals surface area contributed by atoms with Crippen LogP contribution in [0.3, 0.4) is 0 Å². The van der Waals surface area contributed by atoms with Crippen molar-refractivity contribution >= 4 is 23.0 Å². The number of hydrogen-bond acceptors (Lipinski definition) is 7. The van der Waals surface area contributed by atoms with Crippen molar-refractivity contribution in [3.8, 4) is 34.3 Å². The van der Waals surface area contributed by atoms with Crippen LogP contribution in [0.2, 0.25) is 0 Å². The summed E-state index contributed by atoms with van der Waals surface area (Å²) in [5.41, 5.74) is 1.16. The van der Waals surface area contributed by atoms with Gasteiger partial charge in [0.2, 0.25) is 5.91 Å². The maximum Gasteiger partial charge on any atom is 0.244 e. The first-order valence-electron chi connectivity index (χ1n) is 10.9. The van der Waals surface area contributed by atoms with Gasteiger partial charge in [0, 0.05) is 36.4 Å². The van der Waals surface area contributed by atoms with Crippen LogP contribution in [0.1, 0.15) is 12.0 Å². The highest BCUT2D eigenvalue weighted by Crippen LogP contribution is 2.31. The van der Waals surface area contributed by atoms with E-state index in [0.29, 0.717) is 30.0 Å². The molecule has 178 valence electrons. The molecule has 35 heavy (non-hydrogen) atoms. The van der Waals surface area contributed by atoms with E-state index in [-0.39, 0.29) is 40.7 Å². The molecule has 8 heteroatoms. The number of rotatable bonds is 8. The summed E-state index contributed by atoms with van der Waals surface area (Å²) in [6, 6.07) is 16.8. The van der Waals surface area contributed by atoms with Gasteiger partial charge in [0.1, 0.15) is 39.7 Å². The first kappa shape index (κ1) is 23.4. The van der Waals surface area contributed by atoms with Gasteiger partial charge in [-0.05, 0) is 54.5 Å². The van der Waals surface area contributed by atoms with Crippen LogP contribution in [0.5, 0.6) is 23.0 Å². The predicted octanol–water partition coefficient (Wildman–Crippen LogP) is 4.18. The van der Waals surface area contributed by atoms with E-state index < -0.39 is 5.43 Å². The minimum Gasteiger partial charge on any atom is -0.508 e. The molecule has 0 aliphatic rings. The number of amides is 1. The van der Waals surface area contributed by atoms with Crippen molar-refractivity contribution in [1.29, 1.82) is 0 Å². The first-order valence-corrected chi connectivity index (χ1v) is 10.9. The van der Waals surface area contributed by atoms with Gasteiger partial charge >= 0.3 is 0 Å². The third-order valence-corrected chi connectivity index (χ3v) is 5.14. The Morgan fingerprint density at radius 1 is 0.943 bits per heavy atom. The van der Waals surface area contributed by atoms with Crippen LogP contribution in [-0.2, 0) is 4.79 Å². The van der Waals surface area contributed by atoms with Crippen LogP contribution in [0.25, 0.3) is 28.4 Å². The van der Waals surface area contributed by atoms with Gasteiger partial charge in [-0.25, -0.2) is 0 Å². The minimum atomic E-state index is -0.401. The molecular formula is C27H23NO7. The quantitative estimate of drug-likeness (QED) is 0.223. The SMILES string of the molecule is O=C(/C=C/c1ccc(O)cc1)NCCCOc1cc(O)c2c(=O)cc(-c3ccc(O)cc3)oc2c1. The second-order valence-electron chi connectivity index (χ2n) is 7.76. The van der Waals surface area contributed by atoms with Gasteiger partial charge in [0.25, 0.3) is 0 Å².